The molecule has 0 amide bonds. The van der Waals surface area contributed by atoms with E-state index in [0.29, 0.717) is 18.7 Å². The first-order chi connectivity index (χ1) is 10.0. The van der Waals surface area contributed by atoms with Crippen LogP contribution in [0.1, 0.15) is 32.4 Å². The third-order valence-corrected chi connectivity index (χ3v) is 3.74. The first-order valence-electron chi connectivity index (χ1n) is 7.56. The molecule has 1 saturated heterocycles. The molecule has 0 radical (unpaired) electrons. The van der Waals surface area contributed by atoms with Crippen molar-refractivity contribution >= 4 is 0 Å². The molecule has 1 aromatic rings. The van der Waals surface area contributed by atoms with E-state index in [-0.39, 0.29) is 18.2 Å². The molecule has 0 bridgehead atoms. The number of nitrogens with one attached hydrogen (secondary N) is 1. The lowest BCUT2D eigenvalue weighted by Crippen LogP contribution is -2.48. The van der Waals surface area contributed by atoms with Crippen molar-refractivity contribution in [2.24, 2.45) is 0 Å². The van der Waals surface area contributed by atoms with Crippen LogP contribution >= 0.6 is 0 Å². The molecule has 1 fully saturated rings. The number of hydrogen-bond donors (Lipinski definition) is 1. The third-order valence-electron chi connectivity index (χ3n) is 3.74. The fourth-order valence-corrected chi connectivity index (χ4v) is 3.00. The maximum absolute atomic E-state index is 14.0. The van der Waals surface area contributed by atoms with Crippen molar-refractivity contribution in [2.45, 2.75) is 39.0 Å². The largest absolute Gasteiger partial charge is 0.373 e. The third kappa shape index (κ3) is 4.22. The Bertz CT molecular complexity index is 460. The molecule has 1 aliphatic rings. The molecule has 1 heterocycles. The summed E-state index contributed by atoms with van der Waals surface area (Å²) in [5.41, 5.74) is 0.392. The predicted molar refractivity (Wildman–Crippen MR) is 79.2 cm³/mol. The minimum Gasteiger partial charge on any atom is -0.373 e. The van der Waals surface area contributed by atoms with Crippen molar-refractivity contribution in [1.82, 2.24) is 10.2 Å². The molecule has 1 unspecified atom stereocenters. The van der Waals surface area contributed by atoms with Crippen molar-refractivity contribution < 1.29 is 13.5 Å². The smallest absolute Gasteiger partial charge is 0.163 e. The Morgan fingerprint density at radius 3 is 2.57 bits per heavy atom. The Morgan fingerprint density at radius 1 is 1.29 bits per heavy atom. The molecule has 1 aromatic carbocycles. The zero-order valence-electron chi connectivity index (χ0n) is 12.9. The number of hydrogen-bond acceptors (Lipinski definition) is 3. The lowest BCUT2D eigenvalue weighted by Gasteiger charge is -2.37. The summed E-state index contributed by atoms with van der Waals surface area (Å²) in [6.07, 6.45) is 0.321. The summed E-state index contributed by atoms with van der Waals surface area (Å²) in [6, 6.07) is 4.14. The summed E-state index contributed by atoms with van der Waals surface area (Å²) in [6.45, 7) is 9.00. The minimum atomic E-state index is -0.792. The number of likely N-dealkylation sites (N-methyl/N-ethyl adjacent to an activating group) is 1. The number of halogens is 2. The molecule has 1 N–H and O–H groups in total. The molecule has 0 saturated carbocycles. The highest BCUT2D eigenvalue weighted by Crippen LogP contribution is 2.22. The van der Waals surface area contributed by atoms with Crippen molar-refractivity contribution in [2.75, 3.05) is 26.2 Å². The maximum Gasteiger partial charge on any atom is 0.163 e. The number of rotatable bonds is 5. The second-order valence-corrected chi connectivity index (χ2v) is 5.73. The van der Waals surface area contributed by atoms with Crippen LogP contribution in [0.5, 0.6) is 0 Å². The van der Waals surface area contributed by atoms with Gasteiger partial charge < -0.3 is 10.1 Å². The first-order valence-corrected chi connectivity index (χ1v) is 7.56. The molecular formula is C16H24F2N2O. The minimum absolute atomic E-state index is 0.161. The maximum atomic E-state index is 14.0. The molecule has 3 nitrogen and oxygen atoms in total. The van der Waals surface area contributed by atoms with Crippen LogP contribution in [0.15, 0.2) is 18.2 Å². The van der Waals surface area contributed by atoms with Crippen molar-refractivity contribution in [3.63, 3.8) is 0 Å². The van der Waals surface area contributed by atoms with Crippen molar-refractivity contribution in [3.8, 4) is 0 Å². The van der Waals surface area contributed by atoms with Gasteiger partial charge in [0.2, 0.25) is 0 Å². The van der Waals surface area contributed by atoms with Gasteiger partial charge in [0, 0.05) is 31.2 Å². The molecule has 3 atom stereocenters. The van der Waals surface area contributed by atoms with Gasteiger partial charge in [0.1, 0.15) is 0 Å². The van der Waals surface area contributed by atoms with Gasteiger partial charge in [-0.2, -0.15) is 0 Å². The molecule has 1 aliphatic heterocycles. The molecule has 21 heavy (non-hydrogen) atoms. The van der Waals surface area contributed by atoms with E-state index in [1.807, 2.05) is 20.8 Å². The number of ether oxygens (including phenoxy) is 1. The van der Waals surface area contributed by atoms with Crippen LogP contribution in [0.4, 0.5) is 8.78 Å². The van der Waals surface area contributed by atoms with E-state index in [0.717, 1.165) is 19.2 Å². The zero-order chi connectivity index (χ0) is 15.4. The second kappa shape index (κ2) is 7.29. The van der Waals surface area contributed by atoms with Gasteiger partial charge in [0.25, 0.3) is 0 Å². The van der Waals surface area contributed by atoms with Gasteiger partial charge >= 0.3 is 0 Å². The van der Waals surface area contributed by atoms with Crippen LogP contribution in [0, 0.1) is 11.6 Å². The van der Waals surface area contributed by atoms with Gasteiger partial charge in [0.15, 0.2) is 11.6 Å². The fourth-order valence-electron chi connectivity index (χ4n) is 3.00. The summed E-state index contributed by atoms with van der Waals surface area (Å²) in [7, 11) is 0. The number of morpholine rings is 1. The fraction of sp³-hybridized carbons (Fsp3) is 0.625. The average molecular weight is 298 g/mol. The Morgan fingerprint density at radius 2 is 1.95 bits per heavy atom. The van der Waals surface area contributed by atoms with Gasteiger partial charge in [-0.3, -0.25) is 4.90 Å². The van der Waals surface area contributed by atoms with Crippen molar-refractivity contribution in [3.05, 3.63) is 35.4 Å². The van der Waals surface area contributed by atoms with Crippen LogP contribution in [-0.4, -0.2) is 43.3 Å². The highest BCUT2D eigenvalue weighted by molar-refractivity contribution is 5.23. The van der Waals surface area contributed by atoms with E-state index in [9.17, 15) is 8.78 Å². The second-order valence-electron chi connectivity index (χ2n) is 5.73. The summed E-state index contributed by atoms with van der Waals surface area (Å²) in [4.78, 5) is 2.25. The predicted octanol–water partition coefficient (Wildman–Crippen LogP) is 2.72. The summed E-state index contributed by atoms with van der Waals surface area (Å²) >= 11 is 0. The summed E-state index contributed by atoms with van der Waals surface area (Å²) in [5.74, 6) is -1.54. The summed E-state index contributed by atoms with van der Waals surface area (Å²) < 4.78 is 33.2. The van der Waals surface area contributed by atoms with E-state index in [4.69, 9.17) is 4.74 Å². The normalized spacial score (nSPS) is 25.0. The topological polar surface area (TPSA) is 24.5 Å². The highest BCUT2D eigenvalue weighted by atomic mass is 19.2. The van der Waals surface area contributed by atoms with Crippen LogP contribution in [-0.2, 0) is 4.74 Å². The number of benzene rings is 1. The lowest BCUT2D eigenvalue weighted by atomic mass is 10.0. The molecule has 0 aromatic heterocycles. The lowest BCUT2D eigenvalue weighted by molar-refractivity contribution is -0.0700. The monoisotopic (exact) mass is 298 g/mol. The Balaban J connectivity index is 2.13. The molecule has 2 rings (SSSR count). The van der Waals surface area contributed by atoms with E-state index < -0.39 is 11.6 Å². The number of nitrogens with zero attached hydrogens (tertiary/aromatic N) is 1. The molecule has 0 aliphatic carbocycles. The molecule has 118 valence electrons. The van der Waals surface area contributed by atoms with Crippen LogP contribution in [0.2, 0.25) is 0 Å². The molecule has 0 spiro atoms. The van der Waals surface area contributed by atoms with Gasteiger partial charge in [-0.25, -0.2) is 8.78 Å². The van der Waals surface area contributed by atoms with E-state index >= 15 is 0 Å². The molecular weight excluding hydrogens is 274 g/mol. The molecule has 5 heteroatoms. The standard InChI is InChI=1S/C16H24F2N2O/c1-4-19-15(13-6-5-7-14(17)16(13)18)10-20-8-11(2)21-12(3)9-20/h5-7,11-12,15,19H,4,8-10H2,1-3H3/t11-,12+,15?. The zero-order valence-corrected chi connectivity index (χ0v) is 12.9. The van der Waals surface area contributed by atoms with Gasteiger partial charge in [-0.05, 0) is 26.5 Å². The quantitative estimate of drug-likeness (QED) is 0.904. The average Bonchev–Trinajstić information content (AvgIpc) is 2.40. The highest BCUT2D eigenvalue weighted by Gasteiger charge is 2.26. The summed E-state index contributed by atoms with van der Waals surface area (Å²) in [5, 5.41) is 3.25. The van der Waals surface area contributed by atoms with Gasteiger partial charge in [-0.1, -0.05) is 19.1 Å². The van der Waals surface area contributed by atoms with Crippen LogP contribution in [0.3, 0.4) is 0 Å². The Kier molecular flexibility index (Phi) is 5.67. The SMILES string of the molecule is CCNC(CN1C[C@@H](C)O[C@@H](C)C1)c1cccc(F)c1F. The Labute approximate surface area is 125 Å². The Hall–Kier alpha value is -1.04. The first kappa shape index (κ1) is 16.3. The van der Waals surface area contributed by atoms with E-state index in [2.05, 4.69) is 10.2 Å². The van der Waals surface area contributed by atoms with Crippen LogP contribution in [0.25, 0.3) is 0 Å². The van der Waals surface area contributed by atoms with Gasteiger partial charge in [0.05, 0.1) is 12.2 Å². The van der Waals surface area contributed by atoms with Crippen LogP contribution < -0.4 is 5.32 Å². The van der Waals surface area contributed by atoms with E-state index in [1.54, 1.807) is 12.1 Å². The van der Waals surface area contributed by atoms with E-state index in [1.165, 1.54) is 0 Å². The van der Waals surface area contributed by atoms with Gasteiger partial charge in [-0.15, -0.1) is 0 Å². The van der Waals surface area contributed by atoms with Crippen molar-refractivity contribution in [1.29, 1.82) is 0 Å².